The number of rotatable bonds is 8. The molecule has 0 aliphatic carbocycles. The van der Waals surface area contributed by atoms with Crippen molar-refractivity contribution >= 4 is 23.2 Å². The average Bonchev–Trinajstić information content (AvgIpc) is 2.74. The molecule has 30 heavy (non-hydrogen) atoms. The van der Waals surface area contributed by atoms with Crippen LogP contribution in [0.5, 0.6) is 5.75 Å². The Kier molecular flexibility index (Phi) is 7.22. The van der Waals surface area contributed by atoms with Gasteiger partial charge in [0.15, 0.2) is 0 Å². The van der Waals surface area contributed by atoms with Crippen LogP contribution < -0.4 is 15.4 Å². The van der Waals surface area contributed by atoms with Crippen LogP contribution in [0.4, 0.5) is 11.4 Å². The van der Waals surface area contributed by atoms with Gasteiger partial charge in [0.05, 0.1) is 11.7 Å². The van der Waals surface area contributed by atoms with Crippen LogP contribution in [0.2, 0.25) is 0 Å². The van der Waals surface area contributed by atoms with Crippen LogP contribution in [-0.4, -0.2) is 17.9 Å². The maximum absolute atomic E-state index is 12.6. The number of nitrogens with one attached hydrogen (secondary N) is 2. The van der Waals surface area contributed by atoms with E-state index >= 15 is 0 Å². The number of ether oxygens (including phenoxy) is 1. The summed E-state index contributed by atoms with van der Waals surface area (Å²) >= 11 is 0. The lowest BCUT2D eigenvalue weighted by Gasteiger charge is -2.14. The second-order valence-corrected chi connectivity index (χ2v) is 7.23. The van der Waals surface area contributed by atoms with Gasteiger partial charge in [0.25, 0.3) is 5.91 Å². The standard InChI is InChI=1S/C25H26N2O3/c1-18(2)30-23-11-7-6-10-22(23)25(29)27-21-15-13-20(14-16-21)26-24(28)17-12-19-8-4-3-5-9-19/h3-11,13-16,18H,12,17H2,1-2H3,(H,26,28)(H,27,29). The highest BCUT2D eigenvalue weighted by molar-refractivity contribution is 6.06. The maximum atomic E-state index is 12.6. The van der Waals surface area contributed by atoms with Crippen molar-refractivity contribution in [3.63, 3.8) is 0 Å². The summed E-state index contributed by atoms with van der Waals surface area (Å²) in [5.74, 6) is 0.258. The minimum Gasteiger partial charge on any atom is -0.490 e. The van der Waals surface area contributed by atoms with Gasteiger partial charge in [-0.15, -0.1) is 0 Å². The lowest BCUT2D eigenvalue weighted by Crippen LogP contribution is -2.16. The molecule has 0 radical (unpaired) electrons. The summed E-state index contributed by atoms with van der Waals surface area (Å²) in [7, 11) is 0. The molecular weight excluding hydrogens is 376 g/mol. The second-order valence-electron chi connectivity index (χ2n) is 7.23. The van der Waals surface area contributed by atoms with Crippen molar-refractivity contribution in [3.05, 3.63) is 90.0 Å². The summed E-state index contributed by atoms with van der Waals surface area (Å²) < 4.78 is 5.71. The third kappa shape index (κ3) is 6.21. The minimum atomic E-state index is -0.245. The molecule has 0 aliphatic rings. The highest BCUT2D eigenvalue weighted by atomic mass is 16.5. The predicted octanol–water partition coefficient (Wildman–Crippen LogP) is 5.30. The number of anilines is 2. The Hall–Kier alpha value is -3.60. The number of aryl methyl sites for hydroxylation is 1. The van der Waals surface area contributed by atoms with E-state index < -0.39 is 0 Å². The van der Waals surface area contributed by atoms with Gasteiger partial charge in [-0.2, -0.15) is 0 Å². The first kappa shape index (κ1) is 21.1. The van der Waals surface area contributed by atoms with Gasteiger partial charge in [-0.05, 0) is 62.2 Å². The van der Waals surface area contributed by atoms with Gasteiger partial charge in [0.2, 0.25) is 5.91 Å². The lowest BCUT2D eigenvalue weighted by atomic mass is 10.1. The van der Waals surface area contributed by atoms with E-state index in [1.165, 1.54) is 0 Å². The van der Waals surface area contributed by atoms with Gasteiger partial charge in [-0.1, -0.05) is 42.5 Å². The number of para-hydroxylation sites is 1. The Labute approximate surface area is 177 Å². The van der Waals surface area contributed by atoms with E-state index in [0.29, 0.717) is 35.5 Å². The zero-order chi connectivity index (χ0) is 21.3. The summed E-state index contributed by atoms with van der Waals surface area (Å²) in [6.07, 6.45) is 1.08. The van der Waals surface area contributed by atoms with Crippen molar-refractivity contribution in [2.75, 3.05) is 10.6 Å². The third-order valence-electron chi connectivity index (χ3n) is 4.40. The van der Waals surface area contributed by atoms with E-state index in [1.54, 1.807) is 42.5 Å². The van der Waals surface area contributed by atoms with Gasteiger partial charge < -0.3 is 15.4 Å². The van der Waals surface area contributed by atoms with E-state index in [9.17, 15) is 9.59 Å². The Morgan fingerprint density at radius 3 is 2.07 bits per heavy atom. The van der Waals surface area contributed by atoms with Crippen molar-refractivity contribution in [1.29, 1.82) is 0 Å². The minimum absolute atomic E-state index is 0.0243. The summed E-state index contributed by atoms with van der Waals surface area (Å²) in [5.41, 5.74) is 2.94. The molecule has 0 aliphatic heterocycles. The first-order valence-corrected chi connectivity index (χ1v) is 10.0. The molecule has 0 atom stereocenters. The average molecular weight is 402 g/mol. The number of benzene rings is 3. The second kappa shape index (κ2) is 10.3. The van der Waals surface area contributed by atoms with Crippen molar-refractivity contribution in [2.24, 2.45) is 0 Å². The fraction of sp³-hybridized carbons (Fsp3) is 0.200. The number of amides is 2. The van der Waals surface area contributed by atoms with Crippen molar-refractivity contribution in [1.82, 2.24) is 0 Å². The zero-order valence-electron chi connectivity index (χ0n) is 17.2. The fourth-order valence-electron chi connectivity index (χ4n) is 2.97. The van der Waals surface area contributed by atoms with Gasteiger partial charge >= 0.3 is 0 Å². The van der Waals surface area contributed by atoms with Gasteiger partial charge in [0.1, 0.15) is 5.75 Å². The van der Waals surface area contributed by atoms with Crippen LogP contribution in [0, 0.1) is 0 Å². The Morgan fingerprint density at radius 2 is 1.40 bits per heavy atom. The van der Waals surface area contributed by atoms with Crippen LogP contribution in [0.1, 0.15) is 36.2 Å². The quantitative estimate of drug-likeness (QED) is 0.537. The molecule has 5 nitrogen and oxygen atoms in total. The summed E-state index contributed by atoms with van der Waals surface area (Å²) in [6, 6.07) is 24.1. The first-order chi connectivity index (χ1) is 14.5. The molecule has 0 unspecified atom stereocenters. The number of hydrogen-bond acceptors (Lipinski definition) is 3. The molecule has 2 amide bonds. The molecule has 0 saturated heterocycles. The predicted molar refractivity (Wildman–Crippen MR) is 120 cm³/mol. The highest BCUT2D eigenvalue weighted by Crippen LogP contribution is 2.22. The molecule has 154 valence electrons. The lowest BCUT2D eigenvalue weighted by molar-refractivity contribution is -0.116. The molecule has 3 rings (SSSR count). The topological polar surface area (TPSA) is 67.4 Å². The van der Waals surface area contributed by atoms with Crippen LogP contribution in [0.15, 0.2) is 78.9 Å². The number of hydrogen-bond donors (Lipinski definition) is 2. The molecule has 0 spiro atoms. The molecule has 3 aromatic rings. The normalized spacial score (nSPS) is 10.5. The van der Waals surface area contributed by atoms with E-state index in [2.05, 4.69) is 10.6 Å². The Morgan fingerprint density at radius 1 is 0.800 bits per heavy atom. The molecule has 0 saturated carbocycles. The maximum Gasteiger partial charge on any atom is 0.259 e. The monoisotopic (exact) mass is 402 g/mol. The number of carbonyl (C=O) groups excluding carboxylic acids is 2. The SMILES string of the molecule is CC(C)Oc1ccccc1C(=O)Nc1ccc(NC(=O)CCc2ccccc2)cc1. The largest absolute Gasteiger partial charge is 0.490 e. The molecule has 5 heteroatoms. The molecule has 0 heterocycles. The van der Waals surface area contributed by atoms with Crippen LogP contribution in [0.3, 0.4) is 0 Å². The molecule has 3 aromatic carbocycles. The Balaban J connectivity index is 1.55. The van der Waals surface area contributed by atoms with E-state index in [1.807, 2.05) is 50.2 Å². The van der Waals surface area contributed by atoms with Crippen molar-refractivity contribution < 1.29 is 14.3 Å². The molecule has 0 bridgehead atoms. The van der Waals surface area contributed by atoms with Crippen LogP contribution in [0.25, 0.3) is 0 Å². The smallest absolute Gasteiger partial charge is 0.259 e. The molecule has 2 N–H and O–H groups in total. The summed E-state index contributed by atoms with van der Waals surface area (Å²) in [5, 5.41) is 5.75. The van der Waals surface area contributed by atoms with Gasteiger partial charge in [-0.3, -0.25) is 9.59 Å². The van der Waals surface area contributed by atoms with E-state index in [0.717, 1.165) is 5.56 Å². The van der Waals surface area contributed by atoms with Crippen molar-refractivity contribution in [3.8, 4) is 5.75 Å². The van der Waals surface area contributed by atoms with E-state index in [-0.39, 0.29) is 17.9 Å². The van der Waals surface area contributed by atoms with Gasteiger partial charge in [-0.25, -0.2) is 0 Å². The van der Waals surface area contributed by atoms with Gasteiger partial charge in [0, 0.05) is 17.8 Å². The highest BCUT2D eigenvalue weighted by Gasteiger charge is 2.13. The zero-order valence-corrected chi connectivity index (χ0v) is 17.2. The third-order valence-corrected chi connectivity index (χ3v) is 4.40. The molecule has 0 fully saturated rings. The molecule has 0 aromatic heterocycles. The first-order valence-electron chi connectivity index (χ1n) is 10.0. The van der Waals surface area contributed by atoms with Crippen LogP contribution >= 0.6 is 0 Å². The van der Waals surface area contributed by atoms with Crippen molar-refractivity contribution in [2.45, 2.75) is 32.8 Å². The van der Waals surface area contributed by atoms with E-state index in [4.69, 9.17) is 4.74 Å². The Bertz CT molecular complexity index is 983. The summed E-state index contributed by atoms with van der Waals surface area (Å²) in [6.45, 7) is 3.84. The summed E-state index contributed by atoms with van der Waals surface area (Å²) in [4.78, 5) is 24.8. The fourth-order valence-corrected chi connectivity index (χ4v) is 2.97. The molecular formula is C25H26N2O3. The van der Waals surface area contributed by atoms with Crippen LogP contribution in [-0.2, 0) is 11.2 Å². The number of carbonyl (C=O) groups is 2.